The molecule has 20 heavy (non-hydrogen) atoms. The molecule has 1 aromatic heterocycles. The molecule has 0 aliphatic carbocycles. The van der Waals surface area contributed by atoms with Crippen molar-refractivity contribution in [2.24, 2.45) is 10.9 Å². The summed E-state index contributed by atoms with van der Waals surface area (Å²) in [7, 11) is 2.08. The highest BCUT2D eigenvalue weighted by molar-refractivity contribution is 7.09. The highest BCUT2D eigenvalue weighted by Gasteiger charge is 2.11. The van der Waals surface area contributed by atoms with Crippen LogP contribution < -0.4 is 10.6 Å². The summed E-state index contributed by atoms with van der Waals surface area (Å²) in [4.78, 5) is 3.62. The first kappa shape index (κ1) is 14.4. The molecule has 0 radical (unpaired) electrons. The van der Waals surface area contributed by atoms with E-state index in [0.29, 0.717) is 6.04 Å². The number of nitrogens with two attached hydrogens (primary N) is 1. The largest absolute Gasteiger partial charge is 0.409 e. The Morgan fingerprint density at radius 1 is 1.35 bits per heavy atom. The van der Waals surface area contributed by atoms with Gasteiger partial charge in [-0.25, -0.2) is 0 Å². The topological polar surface area (TPSA) is 61.8 Å². The quantitative estimate of drug-likeness (QED) is 0.385. The summed E-state index contributed by atoms with van der Waals surface area (Å²) >= 11 is 1.79. The lowest BCUT2D eigenvalue weighted by molar-refractivity contribution is 0.318. The van der Waals surface area contributed by atoms with Crippen molar-refractivity contribution in [3.63, 3.8) is 0 Å². The average molecular weight is 289 g/mol. The third kappa shape index (κ3) is 3.30. The van der Waals surface area contributed by atoms with Crippen LogP contribution in [0.25, 0.3) is 0 Å². The fourth-order valence-corrected chi connectivity index (χ4v) is 2.86. The van der Waals surface area contributed by atoms with Crippen LogP contribution in [0.2, 0.25) is 0 Å². The van der Waals surface area contributed by atoms with E-state index in [1.54, 1.807) is 11.3 Å². The van der Waals surface area contributed by atoms with Gasteiger partial charge in [0.1, 0.15) is 0 Å². The number of hydrogen-bond donors (Lipinski definition) is 2. The molecule has 0 bridgehead atoms. The number of rotatable bonds is 5. The first-order valence-corrected chi connectivity index (χ1v) is 7.33. The smallest absolute Gasteiger partial charge is 0.170 e. The number of amidine groups is 1. The van der Waals surface area contributed by atoms with Gasteiger partial charge in [-0.1, -0.05) is 11.2 Å². The molecule has 1 atom stereocenters. The second-order valence-corrected chi connectivity index (χ2v) is 5.81. The Balaban J connectivity index is 2.06. The van der Waals surface area contributed by atoms with Crippen LogP contribution in [0, 0.1) is 0 Å². The summed E-state index contributed by atoms with van der Waals surface area (Å²) in [5.74, 6) is 0.130. The van der Waals surface area contributed by atoms with Gasteiger partial charge in [0.05, 0.1) is 0 Å². The van der Waals surface area contributed by atoms with Gasteiger partial charge >= 0.3 is 0 Å². The number of likely N-dealkylation sites (N-methyl/N-ethyl adjacent to an activating group) is 1. The maximum Gasteiger partial charge on any atom is 0.170 e. The van der Waals surface area contributed by atoms with E-state index in [0.717, 1.165) is 17.7 Å². The molecule has 1 aromatic carbocycles. The van der Waals surface area contributed by atoms with Gasteiger partial charge in [-0.05, 0) is 42.6 Å². The number of benzene rings is 1. The second kappa shape index (κ2) is 6.43. The van der Waals surface area contributed by atoms with E-state index in [9.17, 15) is 0 Å². The maximum atomic E-state index is 8.65. The van der Waals surface area contributed by atoms with Crippen LogP contribution in [0.15, 0.2) is 46.9 Å². The van der Waals surface area contributed by atoms with Crippen molar-refractivity contribution in [1.82, 2.24) is 0 Å². The fourth-order valence-electron chi connectivity index (χ4n) is 2.04. The minimum atomic E-state index is 0.130. The summed E-state index contributed by atoms with van der Waals surface area (Å²) < 4.78 is 0. The van der Waals surface area contributed by atoms with Crippen molar-refractivity contribution >= 4 is 22.9 Å². The van der Waals surface area contributed by atoms with Crippen LogP contribution in [0.1, 0.15) is 17.4 Å². The molecular weight excluding hydrogens is 270 g/mol. The highest BCUT2D eigenvalue weighted by atomic mass is 32.1. The molecule has 1 heterocycles. The predicted octanol–water partition coefficient (Wildman–Crippen LogP) is 2.91. The van der Waals surface area contributed by atoms with Gasteiger partial charge in [-0.3, -0.25) is 0 Å². The molecule has 0 aliphatic rings. The zero-order chi connectivity index (χ0) is 14.5. The number of anilines is 1. The van der Waals surface area contributed by atoms with Crippen LogP contribution >= 0.6 is 11.3 Å². The molecule has 106 valence electrons. The number of oxime groups is 1. The van der Waals surface area contributed by atoms with E-state index in [1.807, 2.05) is 24.3 Å². The van der Waals surface area contributed by atoms with Crippen LogP contribution in [0.3, 0.4) is 0 Å². The number of nitrogens with zero attached hydrogens (tertiary/aromatic N) is 2. The maximum absolute atomic E-state index is 8.65. The summed E-state index contributed by atoms with van der Waals surface area (Å²) in [6.07, 6.45) is 1.02. The second-order valence-electron chi connectivity index (χ2n) is 4.78. The molecular formula is C15H19N3OS. The zero-order valence-electron chi connectivity index (χ0n) is 11.7. The standard InChI is InChI=1S/C15H19N3OS/c1-11(10-14-4-3-9-20-14)18(2)13-7-5-12(6-8-13)15(16)17-19/h3-9,11,19H,10H2,1-2H3,(H2,16,17). The van der Waals surface area contributed by atoms with Gasteiger partial charge in [0, 0.05) is 35.6 Å². The molecule has 2 rings (SSSR count). The molecule has 5 heteroatoms. The Kier molecular flexibility index (Phi) is 4.63. The Bertz CT molecular complexity index is 563. The Labute approximate surface area is 123 Å². The molecule has 1 unspecified atom stereocenters. The minimum Gasteiger partial charge on any atom is -0.409 e. The van der Waals surface area contributed by atoms with E-state index in [4.69, 9.17) is 10.9 Å². The van der Waals surface area contributed by atoms with E-state index < -0.39 is 0 Å². The average Bonchev–Trinajstić information content (AvgIpc) is 2.98. The molecule has 0 aliphatic heterocycles. The third-order valence-corrected chi connectivity index (χ3v) is 4.31. The summed E-state index contributed by atoms with van der Waals surface area (Å²) in [5, 5.41) is 13.8. The summed E-state index contributed by atoms with van der Waals surface area (Å²) in [5.41, 5.74) is 7.39. The first-order valence-electron chi connectivity index (χ1n) is 6.45. The Hall–Kier alpha value is -2.01. The molecule has 0 amide bonds. The molecule has 3 N–H and O–H groups in total. The van der Waals surface area contributed by atoms with Gasteiger partial charge in [0.25, 0.3) is 0 Å². The van der Waals surface area contributed by atoms with Gasteiger partial charge in [-0.15, -0.1) is 11.3 Å². The SMILES string of the molecule is CC(Cc1cccs1)N(C)c1ccc(C(N)=NO)cc1. The lowest BCUT2D eigenvalue weighted by Crippen LogP contribution is -2.30. The molecule has 4 nitrogen and oxygen atoms in total. The van der Waals surface area contributed by atoms with Crippen molar-refractivity contribution in [3.8, 4) is 0 Å². The Morgan fingerprint density at radius 3 is 2.60 bits per heavy atom. The van der Waals surface area contributed by atoms with Gasteiger partial charge in [0.15, 0.2) is 5.84 Å². The van der Waals surface area contributed by atoms with Crippen LogP contribution in [-0.4, -0.2) is 24.1 Å². The molecule has 0 saturated heterocycles. The van der Waals surface area contributed by atoms with Crippen LogP contribution in [-0.2, 0) is 6.42 Å². The van der Waals surface area contributed by atoms with Crippen molar-refractivity contribution < 1.29 is 5.21 Å². The van der Waals surface area contributed by atoms with Crippen LogP contribution in [0.5, 0.6) is 0 Å². The number of hydrogen-bond acceptors (Lipinski definition) is 4. The lowest BCUT2D eigenvalue weighted by atomic mass is 10.1. The summed E-state index contributed by atoms with van der Waals surface area (Å²) in [6.45, 7) is 2.21. The van der Waals surface area contributed by atoms with Crippen molar-refractivity contribution in [2.45, 2.75) is 19.4 Å². The van der Waals surface area contributed by atoms with Crippen molar-refractivity contribution in [3.05, 3.63) is 52.2 Å². The van der Waals surface area contributed by atoms with Gasteiger partial charge in [-0.2, -0.15) is 0 Å². The van der Waals surface area contributed by atoms with E-state index in [-0.39, 0.29) is 5.84 Å². The Morgan fingerprint density at radius 2 is 2.05 bits per heavy atom. The molecule has 2 aromatic rings. The zero-order valence-corrected chi connectivity index (χ0v) is 12.5. The van der Waals surface area contributed by atoms with Crippen molar-refractivity contribution in [2.75, 3.05) is 11.9 Å². The van der Waals surface area contributed by atoms with E-state index >= 15 is 0 Å². The monoisotopic (exact) mass is 289 g/mol. The normalized spacial score (nSPS) is 13.2. The third-order valence-electron chi connectivity index (χ3n) is 3.42. The molecule has 0 saturated carbocycles. The van der Waals surface area contributed by atoms with Gasteiger partial charge < -0.3 is 15.8 Å². The fraction of sp³-hybridized carbons (Fsp3) is 0.267. The van der Waals surface area contributed by atoms with E-state index in [1.165, 1.54) is 4.88 Å². The molecule has 0 spiro atoms. The van der Waals surface area contributed by atoms with Gasteiger partial charge in [0.2, 0.25) is 0 Å². The van der Waals surface area contributed by atoms with E-state index in [2.05, 4.69) is 41.5 Å². The highest BCUT2D eigenvalue weighted by Crippen LogP contribution is 2.20. The minimum absolute atomic E-state index is 0.130. The molecule has 0 fully saturated rings. The van der Waals surface area contributed by atoms with Crippen molar-refractivity contribution in [1.29, 1.82) is 0 Å². The lowest BCUT2D eigenvalue weighted by Gasteiger charge is -2.27. The first-order chi connectivity index (χ1) is 9.61. The predicted molar refractivity (Wildman–Crippen MR) is 84.8 cm³/mol. The number of thiophene rings is 1. The summed E-state index contributed by atoms with van der Waals surface area (Å²) in [6, 6.07) is 12.3. The van der Waals surface area contributed by atoms with Crippen LogP contribution in [0.4, 0.5) is 5.69 Å².